The van der Waals surface area contributed by atoms with Gasteiger partial charge in [0.05, 0.1) is 26.2 Å². The van der Waals surface area contributed by atoms with Crippen LogP contribution in [0.25, 0.3) is 0 Å². The standard InChI is InChI=1S/C8H16N2O5/c9-3-5-15-6-4-10(14)7(11)1-2-8(12)13/h14H,1-6,9H2,(H,12,13). The van der Waals surface area contributed by atoms with Gasteiger partial charge in [0.1, 0.15) is 0 Å². The van der Waals surface area contributed by atoms with Crippen LogP contribution in [0.4, 0.5) is 0 Å². The van der Waals surface area contributed by atoms with Gasteiger partial charge in [-0.05, 0) is 0 Å². The van der Waals surface area contributed by atoms with E-state index >= 15 is 0 Å². The van der Waals surface area contributed by atoms with Crippen molar-refractivity contribution in [3.8, 4) is 0 Å². The van der Waals surface area contributed by atoms with E-state index < -0.39 is 11.9 Å². The number of carbonyl (C=O) groups is 2. The molecular weight excluding hydrogens is 204 g/mol. The second-order valence-corrected chi connectivity index (χ2v) is 2.81. The highest BCUT2D eigenvalue weighted by Crippen LogP contribution is 1.95. The summed E-state index contributed by atoms with van der Waals surface area (Å²) < 4.78 is 4.93. The fourth-order valence-corrected chi connectivity index (χ4v) is 0.804. The average Bonchev–Trinajstić information content (AvgIpc) is 2.20. The van der Waals surface area contributed by atoms with Crippen LogP contribution < -0.4 is 5.73 Å². The van der Waals surface area contributed by atoms with Crippen molar-refractivity contribution in [2.24, 2.45) is 5.73 Å². The Morgan fingerprint density at radius 3 is 2.47 bits per heavy atom. The van der Waals surface area contributed by atoms with Gasteiger partial charge in [-0.25, -0.2) is 5.06 Å². The molecule has 4 N–H and O–H groups in total. The van der Waals surface area contributed by atoms with E-state index in [2.05, 4.69) is 0 Å². The van der Waals surface area contributed by atoms with Crippen molar-refractivity contribution in [3.05, 3.63) is 0 Å². The third-order valence-electron chi connectivity index (χ3n) is 1.55. The molecule has 0 radical (unpaired) electrons. The maximum Gasteiger partial charge on any atom is 0.303 e. The second kappa shape index (κ2) is 8.16. The molecule has 0 saturated heterocycles. The van der Waals surface area contributed by atoms with Crippen molar-refractivity contribution in [1.82, 2.24) is 5.06 Å². The Hall–Kier alpha value is -1.18. The lowest BCUT2D eigenvalue weighted by Gasteiger charge is -2.14. The van der Waals surface area contributed by atoms with Gasteiger partial charge in [0.15, 0.2) is 0 Å². The van der Waals surface area contributed by atoms with E-state index in [1.54, 1.807) is 0 Å². The number of carboxylic acid groups (broad SMARTS) is 1. The summed E-state index contributed by atoms with van der Waals surface area (Å²) in [6.45, 7) is 0.917. The number of hydroxylamine groups is 2. The van der Waals surface area contributed by atoms with Gasteiger partial charge in [-0.15, -0.1) is 0 Å². The summed E-state index contributed by atoms with van der Waals surface area (Å²) in [4.78, 5) is 21.2. The highest BCUT2D eigenvalue weighted by molar-refractivity contribution is 5.79. The van der Waals surface area contributed by atoms with E-state index in [0.717, 1.165) is 0 Å². The molecule has 0 saturated carbocycles. The van der Waals surface area contributed by atoms with E-state index in [1.165, 1.54) is 0 Å². The van der Waals surface area contributed by atoms with Gasteiger partial charge in [0.25, 0.3) is 0 Å². The molecule has 0 unspecified atom stereocenters. The quantitative estimate of drug-likeness (QED) is 0.276. The Bertz CT molecular complexity index is 209. The summed E-state index contributed by atoms with van der Waals surface area (Å²) in [6.07, 6.45) is -0.512. The second-order valence-electron chi connectivity index (χ2n) is 2.81. The normalized spacial score (nSPS) is 10.0. The molecule has 7 heteroatoms. The van der Waals surface area contributed by atoms with E-state index in [4.69, 9.17) is 20.8 Å². The summed E-state index contributed by atoms with van der Waals surface area (Å²) >= 11 is 0. The van der Waals surface area contributed by atoms with Gasteiger partial charge in [-0.1, -0.05) is 0 Å². The molecule has 0 aromatic carbocycles. The summed E-state index contributed by atoms with van der Waals surface area (Å²) in [5, 5.41) is 17.9. The van der Waals surface area contributed by atoms with Gasteiger partial charge in [-0.3, -0.25) is 14.8 Å². The number of amides is 1. The Morgan fingerprint density at radius 2 is 1.93 bits per heavy atom. The molecule has 0 aliphatic rings. The first-order chi connectivity index (χ1) is 7.07. The fourth-order valence-electron chi connectivity index (χ4n) is 0.804. The zero-order valence-corrected chi connectivity index (χ0v) is 8.39. The van der Waals surface area contributed by atoms with Gasteiger partial charge in [0.2, 0.25) is 5.91 Å². The van der Waals surface area contributed by atoms with Crippen LogP contribution in [0.5, 0.6) is 0 Å². The van der Waals surface area contributed by atoms with Gasteiger partial charge >= 0.3 is 5.97 Å². The van der Waals surface area contributed by atoms with Crippen molar-refractivity contribution in [2.75, 3.05) is 26.3 Å². The Labute approximate surface area is 87.4 Å². The number of carboxylic acids is 1. The summed E-state index contributed by atoms with van der Waals surface area (Å²) in [6, 6.07) is 0. The number of hydrogen-bond acceptors (Lipinski definition) is 5. The lowest BCUT2D eigenvalue weighted by molar-refractivity contribution is -0.169. The lowest BCUT2D eigenvalue weighted by Crippen LogP contribution is -2.31. The lowest BCUT2D eigenvalue weighted by atomic mass is 10.3. The predicted molar refractivity (Wildman–Crippen MR) is 50.2 cm³/mol. The van der Waals surface area contributed by atoms with Crippen LogP contribution in [0.3, 0.4) is 0 Å². The summed E-state index contributed by atoms with van der Waals surface area (Å²) in [7, 11) is 0. The van der Waals surface area contributed by atoms with Crippen molar-refractivity contribution < 1.29 is 24.6 Å². The SMILES string of the molecule is NCCOCCN(O)C(=O)CCC(=O)O. The van der Waals surface area contributed by atoms with Crippen molar-refractivity contribution >= 4 is 11.9 Å². The number of carbonyl (C=O) groups excluding carboxylic acids is 1. The molecule has 0 aromatic rings. The van der Waals surface area contributed by atoms with Crippen LogP contribution in [-0.4, -0.2) is 53.6 Å². The van der Waals surface area contributed by atoms with Crippen LogP contribution in [0.2, 0.25) is 0 Å². The first kappa shape index (κ1) is 13.8. The summed E-state index contributed by atoms with van der Waals surface area (Å²) in [5.41, 5.74) is 5.15. The molecule has 0 atom stereocenters. The van der Waals surface area contributed by atoms with Crippen LogP contribution >= 0.6 is 0 Å². The molecule has 0 aromatic heterocycles. The minimum Gasteiger partial charge on any atom is -0.481 e. The molecule has 0 bridgehead atoms. The third kappa shape index (κ3) is 7.86. The Morgan fingerprint density at radius 1 is 1.27 bits per heavy atom. The maximum absolute atomic E-state index is 11.0. The number of nitrogens with zero attached hydrogens (tertiary/aromatic N) is 1. The van der Waals surface area contributed by atoms with E-state index in [1.807, 2.05) is 0 Å². The van der Waals surface area contributed by atoms with Crippen LogP contribution in [0.1, 0.15) is 12.8 Å². The molecule has 7 nitrogen and oxygen atoms in total. The maximum atomic E-state index is 11.0. The van der Waals surface area contributed by atoms with Crippen molar-refractivity contribution in [1.29, 1.82) is 0 Å². The topological polar surface area (TPSA) is 113 Å². The minimum atomic E-state index is -1.07. The molecular formula is C8H16N2O5. The first-order valence-electron chi connectivity index (χ1n) is 4.56. The number of rotatable bonds is 8. The third-order valence-corrected chi connectivity index (χ3v) is 1.55. The van der Waals surface area contributed by atoms with E-state index in [9.17, 15) is 9.59 Å². The van der Waals surface area contributed by atoms with Crippen molar-refractivity contribution in [2.45, 2.75) is 12.8 Å². The van der Waals surface area contributed by atoms with E-state index in [-0.39, 0.29) is 26.0 Å². The molecule has 88 valence electrons. The zero-order chi connectivity index (χ0) is 11.7. The molecule has 0 heterocycles. The average molecular weight is 220 g/mol. The van der Waals surface area contributed by atoms with E-state index in [0.29, 0.717) is 18.2 Å². The zero-order valence-electron chi connectivity index (χ0n) is 8.39. The van der Waals surface area contributed by atoms with Crippen LogP contribution in [0.15, 0.2) is 0 Å². The number of hydrogen-bond donors (Lipinski definition) is 3. The highest BCUT2D eigenvalue weighted by Gasteiger charge is 2.11. The molecule has 0 aliphatic heterocycles. The minimum absolute atomic E-state index is 0.0124. The van der Waals surface area contributed by atoms with Crippen LogP contribution in [0, 0.1) is 0 Å². The molecule has 0 fully saturated rings. The highest BCUT2D eigenvalue weighted by atomic mass is 16.5. The smallest absolute Gasteiger partial charge is 0.303 e. The van der Waals surface area contributed by atoms with Crippen LogP contribution in [-0.2, 0) is 14.3 Å². The first-order valence-corrected chi connectivity index (χ1v) is 4.56. The Kier molecular flexibility index (Phi) is 7.51. The van der Waals surface area contributed by atoms with Crippen molar-refractivity contribution in [3.63, 3.8) is 0 Å². The molecule has 15 heavy (non-hydrogen) atoms. The Balaban J connectivity index is 3.55. The van der Waals surface area contributed by atoms with Gasteiger partial charge in [-0.2, -0.15) is 0 Å². The molecule has 1 amide bonds. The van der Waals surface area contributed by atoms with Gasteiger partial charge < -0.3 is 15.6 Å². The fraction of sp³-hybridized carbons (Fsp3) is 0.750. The number of aliphatic carboxylic acids is 1. The number of nitrogens with two attached hydrogens (primary N) is 1. The van der Waals surface area contributed by atoms with Gasteiger partial charge in [0, 0.05) is 13.0 Å². The molecule has 0 rings (SSSR count). The molecule has 0 spiro atoms. The monoisotopic (exact) mass is 220 g/mol. The predicted octanol–water partition coefficient (Wildman–Crippen LogP) is -0.956. The molecule has 0 aliphatic carbocycles. The largest absolute Gasteiger partial charge is 0.481 e. The summed E-state index contributed by atoms with van der Waals surface area (Å²) in [5.74, 6) is -1.70. The number of ether oxygens (including phenoxy) is 1.